The Kier molecular flexibility index (Phi) is 7.19. The second-order valence-corrected chi connectivity index (χ2v) is 8.50. The first kappa shape index (κ1) is 22.7. The van der Waals surface area contributed by atoms with Gasteiger partial charge in [-0.1, -0.05) is 42.5 Å². The standard InChI is InChI=1S/C26H26N2O4S/c1-31-23-14-8-6-12-20(23)26(30)28-17-19(32-18-10-4-3-5-11-18)16-22(28)25(29)27-21-13-7-9-15-24(21)33-2/h3-15,19,22H,16-17H2,1-2H3,(H,27,29). The highest BCUT2D eigenvalue weighted by molar-refractivity contribution is 7.98. The number of hydrogen-bond donors (Lipinski definition) is 1. The SMILES string of the molecule is COc1ccccc1C(=O)N1CC(Oc2ccccc2)CC1C(=O)Nc1ccccc1SC. The highest BCUT2D eigenvalue weighted by Gasteiger charge is 2.41. The van der Waals surface area contributed by atoms with Crippen molar-refractivity contribution in [1.29, 1.82) is 0 Å². The molecule has 1 heterocycles. The summed E-state index contributed by atoms with van der Waals surface area (Å²) in [6.07, 6.45) is 2.04. The number of methoxy groups -OCH3 is 1. The van der Waals surface area contributed by atoms with Crippen LogP contribution in [0.1, 0.15) is 16.8 Å². The number of ether oxygens (including phenoxy) is 2. The zero-order chi connectivity index (χ0) is 23.2. The number of nitrogens with one attached hydrogen (secondary N) is 1. The Morgan fingerprint density at radius 2 is 1.67 bits per heavy atom. The van der Waals surface area contributed by atoms with Crippen LogP contribution < -0.4 is 14.8 Å². The molecular formula is C26H26N2O4S. The third-order valence-corrected chi connectivity index (χ3v) is 6.37. The smallest absolute Gasteiger partial charge is 0.258 e. The van der Waals surface area contributed by atoms with E-state index >= 15 is 0 Å². The molecule has 3 aromatic rings. The molecule has 0 aromatic heterocycles. The lowest BCUT2D eigenvalue weighted by atomic mass is 10.1. The molecule has 1 aliphatic heterocycles. The molecule has 33 heavy (non-hydrogen) atoms. The van der Waals surface area contributed by atoms with Crippen LogP contribution in [-0.2, 0) is 4.79 Å². The summed E-state index contributed by atoms with van der Waals surface area (Å²) in [5, 5.41) is 3.01. The van der Waals surface area contributed by atoms with E-state index in [4.69, 9.17) is 9.47 Å². The minimum absolute atomic E-state index is 0.237. The van der Waals surface area contributed by atoms with E-state index in [9.17, 15) is 9.59 Å². The van der Waals surface area contributed by atoms with Crippen molar-refractivity contribution in [3.8, 4) is 11.5 Å². The monoisotopic (exact) mass is 462 g/mol. The van der Waals surface area contributed by atoms with Gasteiger partial charge in [0.05, 0.1) is 24.9 Å². The Bertz CT molecular complexity index is 1120. The Balaban J connectivity index is 1.60. The number of amides is 2. The zero-order valence-corrected chi connectivity index (χ0v) is 19.4. The van der Waals surface area contributed by atoms with E-state index in [0.717, 1.165) is 10.6 Å². The first-order valence-electron chi connectivity index (χ1n) is 10.7. The number of carbonyl (C=O) groups is 2. The predicted octanol–water partition coefficient (Wildman–Crippen LogP) is 4.72. The van der Waals surface area contributed by atoms with Crippen LogP contribution in [0.2, 0.25) is 0 Å². The average molecular weight is 463 g/mol. The Morgan fingerprint density at radius 1 is 0.970 bits per heavy atom. The Labute approximate surface area is 197 Å². The van der Waals surface area contributed by atoms with E-state index in [-0.39, 0.29) is 17.9 Å². The number of benzene rings is 3. The van der Waals surface area contributed by atoms with E-state index in [1.165, 1.54) is 7.11 Å². The first-order chi connectivity index (χ1) is 16.1. The molecule has 6 nitrogen and oxygen atoms in total. The van der Waals surface area contributed by atoms with Gasteiger partial charge in [-0.25, -0.2) is 0 Å². The van der Waals surface area contributed by atoms with Crippen molar-refractivity contribution >= 4 is 29.3 Å². The number of likely N-dealkylation sites (tertiary alicyclic amines) is 1. The maximum absolute atomic E-state index is 13.5. The van der Waals surface area contributed by atoms with Crippen LogP contribution in [0, 0.1) is 0 Å². The van der Waals surface area contributed by atoms with Gasteiger partial charge in [0.15, 0.2) is 0 Å². The van der Waals surface area contributed by atoms with E-state index in [0.29, 0.717) is 30.0 Å². The molecule has 0 aliphatic carbocycles. The summed E-state index contributed by atoms with van der Waals surface area (Å²) in [6.45, 7) is 0.300. The number of carbonyl (C=O) groups excluding carboxylic acids is 2. The maximum Gasteiger partial charge on any atom is 0.258 e. The summed E-state index contributed by atoms with van der Waals surface area (Å²) in [7, 11) is 1.53. The number of nitrogens with zero attached hydrogens (tertiary/aromatic N) is 1. The second kappa shape index (κ2) is 10.4. The topological polar surface area (TPSA) is 67.9 Å². The van der Waals surface area contributed by atoms with Gasteiger partial charge in [-0.3, -0.25) is 9.59 Å². The van der Waals surface area contributed by atoms with E-state index < -0.39 is 6.04 Å². The van der Waals surface area contributed by atoms with Crippen LogP contribution in [0.25, 0.3) is 0 Å². The molecule has 1 fully saturated rings. The fraction of sp³-hybridized carbons (Fsp3) is 0.231. The van der Waals surface area contributed by atoms with Crippen LogP contribution in [0.15, 0.2) is 83.8 Å². The van der Waals surface area contributed by atoms with Gasteiger partial charge in [0.1, 0.15) is 23.6 Å². The summed E-state index contributed by atoms with van der Waals surface area (Å²) < 4.78 is 11.5. The molecule has 4 rings (SSSR count). The van der Waals surface area contributed by atoms with Crippen LogP contribution in [0.4, 0.5) is 5.69 Å². The van der Waals surface area contributed by atoms with Crippen LogP contribution in [0.3, 0.4) is 0 Å². The number of anilines is 1. The van der Waals surface area contributed by atoms with E-state index in [1.807, 2.05) is 66.9 Å². The van der Waals surface area contributed by atoms with Gasteiger partial charge in [-0.05, 0) is 42.7 Å². The number of rotatable bonds is 7. The number of hydrogen-bond acceptors (Lipinski definition) is 5. The van der Waals surface area contributed by atoms with Crippen LogP contribution in [0.5, 0.6) is 11.5 Å². The Hall–Kier alpha value is -3.45. The highest BCUT2D eigenvalue weighted by Crippen LogP contribution is 2.30. The summed E-state index contributed by atoms with van der Waals surface area (Å²) >= 11 is 1.55. The van der Waals surface area contributed by atoms with Crippen LogP contribution >= 0.6 is 11.8 Å². The van der Waals surface area contributed by atoms with Gasteiger partial charge in [0.2, 0.25) is 5.91 Å². The highest BCUT2D eigenvalue weighted by atomic mass is 32.2. The van der Waals surface area contributed by atoms with Crippen molar-refractivity contribution < 1.29 is 19.1 Å². The number of thioether (sulfide) groups is 1. The quantitative estimate of drug-likeness (QED) is 0.515. The lowest BCUT2D eigenvalue weighted by Crippen LogP contribution is -2.43. The summed E-state index contributed by atoms with van der Waals surface area (Å²) in [6, 6.07) is 23.4. The fourth-order valence-corrected chi connectivity index (χ4v) is 4.54. The van der Waals surface area contributed by atoms with Gasteiger partial charge in [0.25, 0.3) is 5.91 Å². The van der Waals surface area contributed by atoms with Crippen molar-refractivity contribution in [2.45, 2.75) is 23.5 Å². The van der Waals surface area contributed by atoms with Crippen molar-refractivity contribution in [3.05, 3.63) is 84.4 Å². The molecule has 0 bridgehead atoms. The average Bonchev–Trinajstić information content (AvgIpc) is 3.28. The molecule has 3 aromatic carbocycles. The second-order valence-electron chi connectivity index (χ2n) is 7.65. The van der Waals surface area contributed by atoms with Gasteiger partial charge < -0.3 is 19.7 Å². The third-order valence-electron chi connectivity index (χ3n) is 5.57. The molecule has 1 N–H and O–H groups in total. The van der Waals surface area contributed by atoms with Gasteiger partial charge >= 0.3 is 0 Å². The molecule has 0 radical (unpaired) electrons. The molecule has 0 spiro atoms. The fourth-order valence-electron chi connectivity index (χ4n) is 3.99. The van der Waals surface area contributed by atoms with Gasteiger partial charge in [0, 0.05) is 11.3 Å². The first-order valence-corrected chi connectivity index (χ1v) is 11.9. The molecule has 1 saturated heterocycles. The molecule has 2 unspecified atom stereocenters. The normalized spacial score (nSPS) is 17.5. The van der Waals surface area contributed by atoms with Gasteiger partial charge in [-0.2, -0.15) is 0 Å². The predicted molar refractivity (Wildman–Crippen MR) is 130 cm³/mol. The van der Waals surface area contributed by atoms with E-state index in [2.05, 4.69) is 5.32 Å². The zero-order valence-electron chi connectivity index (χ0n) is 18.6. The van der Waals surface area contributed by atoms with Crippen molar-refractivity contribution in [2.24, 2.45) is 0 Å². The molecule has 2 atom stereocenters. The molecule has 0 saturated carbocycles. The van der Waals surface area contributed by atoms with Crippen molar-refractivity contribution in [1.82, 2.24) is 4.90 Å². The maximum atomic E-state index is 13.5. The molecular weight excluding hydrogens is 436 g/mol. The summed E-state index contributed by atoms with van der Waals surface area (Å²) in [5.41, 5.74) is 1.15. The van der Waals surface area contributed by atoms with Crippen LogP contribution in [-0.4, -0.2) is 48.8 Å². The van der Waals surface area contributed by atoms with Crippen molar-refractivity contribution in [2.75, 3.05) is 25.2 Å². The Morgan fingerprint density at radius 3 is 2.42 bits per heavy atom. The minimum Gasteiger partial charge on any atom is -0.496 e. The molecule has 2 amide bonds. The summed E-state index contributed by atoms with van der Waals surface area (Å²) in [5.74, 6) is 0.687. The third kappa shape index (κ3) is 5.14. The van der Waals surface area contributed by atoms with E-state index in [1.54, 1.807) is 34.9 Å². The lowest BCUT2D eigenvalue weighted by molar-refractivity contribution is -0.119. The molecule has 1 aliphatic rings. The molecule has 7 heteroatoms. The lowest BCUT2D eigenvalue weighted by Gasteiger charge is -2.24. The number of para-hydroxylation sites is 3. The van der Waals surface area contributed by atoms with Gasteiger partial charge in [-0.15, -0.1) is 11.8 Å². The minimum atomic E-state index is -0.675. The largest absolute Gasteiger partial charge is 0.496 e. The summed E-state index contributed by atoms with van der Waals surface area (Å²) in [4.78, 5) is 29.4. The van der Waals surface area contributed by atoms with Crippen molar-refractivity contribution in [3.63, 3.8) is 0 Å². The molecule has 170 valence electrons.